The maximum Gasteiger partial charge on any atom is 0.124 e. The largest absolute Gasteiger partial charge is 0.207 e. The third-order valence-electron chi connectivity index (χ3n) is 1.65. The molecule has 0 spiro atoms. The fourth-order valence-electron chi connectivity index (χ4n) is 1.07. The van der Waals surface area contributed by atoms with Crippen LogP contribution in [0, 0.1) is 5.82 Å². The van der Waals surface area contributed by atoms with E-state index in [0.29, 0.717) is 0 Å². The highest BCUT2D eigenvalue weighted by atomic mass is 32.2. The van der Waals surface area contributed by atoms with Crippen molar-refractivity contribution in [1.29, 1.82) is 0 Å². The highest BCUT2D eigenvalue weighted by molar-refractivity contribution is 7.99. The molecule has 1 aromatic rings. The van der Waals surface area contributed by atoms with Gasteiger partial charge in [0.15, 0.2) is 0 Å². The van der Waals surface area contributed by atoms with Crippen LogP contribution in [0.15, 0.2) is 23.1 Å². The molecule has 0 atom stereocenters. The normalized spacial score (nSPS) is 10.2. The van der Waals surface area contributed by atoms with Crippen LogP contribution in [0.2, 0.25) is 0 Å². The highest BCUT2D eigenvalue weighted by Crippen LogP contribution is 2.20. The van der Waals surface area contributed by atoms with Gasteiger partial charge in [-0.2, -0.15) is 0 Å². The van der Waals surface area contributed by atoms with Gasteiger partial charge in [-0.1, -0.05) is 13.8 Å². The lowest BCUT2D eigenvalue weighted by atomic mass is 10.2. The number of halogens is 1. The Morgan fingerprint density at radius 1 is 1.25 bits per heavy atom. The van der Waals surface area contributed by atoms with E-state index in [4.69, 9.17) is 0 Å². The molecule has 1 rings (SSSR count). The van der Waals surface area contributed by atoms with E-state index in [-0.39, 0.29) is 5.82 Å². The van der Waals surface area contributed by atoms with Crippen LogP contribution in [0.3, 0.4) is 0 Å². The standard InChI is InChI=1S/C10H13FS/c1-3-8-5-9(11)7-10(6-8)12-4-2/h5-7H,3-4H2,1-2H3. The Balaban J connectivity index is 2.90. The van der Waals surface area contributed by atoms with Crippen molar-refractivity contribution in [2.24, 2.45) is 0 Å². The van der Waals surface area contributed by atoms with Gasteiger partial charge in [0.2, 0.25) is 0 Å². The van der Waals surface area contributed by atoms with Crippen LogP contribution in [0.5, 0.6) is 0 Å². The average Bonchev–Trinajstić information content (AvgIpc) is 2.04. The summed E-state index contributed by atoms with van der Waals surface area (Å²) in [7, 11) is 0. The van der Waals surface area contributed by atoms with Crippen molar-refractivity contribution in [2.45, 2.75) is 25.2 Å². The molecule has 0 N–H and O–H groups in total. The Labute approximate surface area is 77.2 Å². The minimum atomic E-state index is -0.120. The summed E-state index contributed by atoms with van der Waals surface area (Å²) in [6.07, 6.45) is 0.898. The first-order chi connectivity index (χ1) is 5.76. The minimum absolute atomic E-state index is 0.120. The zero-order valence-electron chi connectivity index (χ0n) is 7.43. The van der Waals surface area contributed by atoms with Crippen LogP contribution < -0.4 is 0 Å². The van der Waals surface area contributed by atoms with Crippen LogP contribution in [-0.2, 0) is 6.42 Å². The Kier molecular flexibility index (Phi) is 3.60. The van der Waals surface area contributed by atoms with Crippen molar-refractivity contribution in [1.82, 2.24) is 0 Å². The average molecular weight is 184 g/mol. The molecule has 0 nitrogen and oxygen atoms in total. The molecule has 0 bridgehead atoms. The number of hydrogen-bond donors (Lipinski definition) is 0. The molecular formula is C10H13FS. The second kappa shape index (κ2) is 4.51. The number of rotatable bonds is 3. The first-order valence-electron chi connectivity index (χ1n) is 4.18. The van der Waals surface area contributed by atoms with Crippen LogP contribution in [0.4, 0.5) is 4.39 Å². The van der Waals surface area contributed by atoms with Crippen LogP contribution in [0.1, 0.15) is 19.4 Å². The zero-order valence-corrected chi connectivity index (χ0v) is 8.25. The molecule has 0 aliphatic heterocycles. The number of hydrogen-bond acceptors (Lipinski definition) is 1. The van der Waals surface area contributed by atoms with Crippen LogP contribution in [0.25, 0.3) is 0 Å². The quantitative estimate of drug-likeness (QED) is 0.648. The minimum Gasteiger partial charge on any atom is -0.207 e. The summed E-state index contributed by atoms with van der Waals surface area (Å²) in [5, 5.41) is 0. The molecule has 0 saturated carbocycles. The van der Waals surface area contributed by atoms with Gasteiger partial charge in [-0.3, -0.25) is 0 Å². The van der Waals surface area contributed by atoms with E-state index in [1.807, 2.05) is 6.92 Å². The Morgan fingerprint density at radius 3 is 2.58 bits per heavy atom. The number of thioether (sulfide) groups is 1. The molecule has 0 amide bonds. The monoisotopic (exact) mass is 184 g/mol. The summed E-state index contributed by atoms with van der Waals surface area (Å²) in [5.41, 5.74) is 1.07. The summed E-state index contributed by atoms with van der Waals surface area (Å²) >= 11 is 1.68. The number of aryl methyl sites for hydroxylation is 1. The second-order valence-electron chi connectivity index (χ2n) is 2.58. The summed E-state index contributed by atoms with van der Waals surface area (Å²) in [4.78, 5) is 1.04. The summed E-state index contributed by atoms with van der Waals surface area (Å²) in [6, 6.07) is 5.24. The summed E-state index contributed by atoms with van der Waals surface area (Å²) in [5.74, 6) is 0.873. The lowest BCUT2D eigenvalue weighted by Gasteiger charge is -2.02. The van der Waals surface area contributed by atoms with Gasteiger partial charge in [0, 0.05) is 4.90 Å². The van der Waals surface area contributed by atoms with E-state index < -0.39 is 0 Å². The third kappa shape index (κ3) is 2.52. The van der Waals surface area contributed by atoms with E-state index in [9.17, 15) is 4.39 Å². The Morgan fingerprint density at radius 2 is 2.00 bits per heavy atom. The fraction of sp³-hybridized carbons (Fsp3) is 0.400. The Hall–Kier alpha value is -0.500. The molecule has 0 saturated heterocycles. The molecule has 0 aliphatic carbocycles. The molecule has 0 aromatic heterocycles. The molecular weight excluding hydrogens is 171 g/mol. The Bertz CT molecular complexity index is 258. The van der Waals surface area contributed by atoms with Gasteiger partial charge in [-0.25, -0.2) is 4.39 Å². The smallest absolute Gasteiger partial charge is 0.124 e. The first kappa shape index (κ1) is 9.59. The molecule has 0 unspecified atom stereocenters. The maximum absolute atomic E-state index is 12.9. The van der Waals surface area contributed by atoms with Crippen molar-refractivity contribution in [3.05, 3.63) is 29.6 Å². The summed E-state index contributed by atoms with van der Waals surface area (Å²) < 4.78 is 12.9. The zero-order chi connectivity index (χ0) is 8.97. The van der Waals surface area contributed by atoms with E-state index in [0.717, 1.165) is 22.6 Å². The van der Waals surface area contributed by atoms with Crippen LogP contribution in [-0.4, -0.2) is 5.75 Å². The molecule has 66 valence electrons. The second-order valence-corrected chi connectivity index (χ2v) is 3.92. The highest BCUT2D eigenvalue weighted by Gasteiger charge is 1.98. The van der Waals surface area contributed by atoms with Crippen LogP contribution >= 0.6 is 11.8 Å². The molecule has 1 aromatic carbocycles. The van der Waals surface area contributed by atoms with Gasteiger partial charge < -0.3 is 0 Å². The lowest BCUT2D eigenvalue weighted by Crippen LogP contribution is -1.84. The van der Waals surface area contributed by atoms with E-state index in [2.05, 4.69) is 13.0 Å². The number of benzene rings is 1. The predicted octanol–water partition coefficient (Wildman–Crippen LogP) is 3.50. The molecule has 2 heteroatoms. The van der Waals surface area contributed by atoms with E-state index in [1.54, 1.807) is 23.9 Å². The predicted molar refractivity (Wildman–Crippen MR) is 52.2 cm³/mol. The lowest BCUT2D eigenvalue weighted by molar-refractivity contribution is 0.622. The van der Waals surface area contributed by atoms with E-state index >= 15 is 0 Å². The first-order valence-corrected chi connectivity index (χ1v) is 5.17. The van der Waals surface area contributed by atoms with Gasteiger partial charge in [-0.05, 0) is 35.9 Å². The SMILES string of the molecule is CCSc1cc(F)cc(CC)c1. The van der Waals surface area contributed by atoms with Gasteiger partial charge >= 0.3 is 0 Å². The van der Waals surface area contributed by atoms with E-state index in [1.165, 1.54) is 0 Å². The van der Waals surface area contributed by atoms with Gasteiger partial charge in [0.25, 0.3) is 0 Å². The molecule has 0 fully saturated rings. The van der Waals surface area contributed by atoms with Gasteiger partial charge in [0.05, 0.1) is 0 Å². The third-order valence-corrected chi connectivity index (χ3v) is 2.51. The molecule has 0 heterocycles. The van der Waals surface area contributed by atoms with Crippen molar-refractivity contribution in [3.8, 4) is 0 Å². The van der Waals surface area contributed by atoms with Crippen molar-refractivity contribution in [2.75, 3.05) is 5.75 Å². The van der Waals surface area contributed by atoms with Crippen molar-refractivity contribution in [3.63, 3.8) is 0 Å². The van der Waals surface area contributed by atoms with Gasteiger partial charge in [-0.15, -0.1) is 11.8 Å². The maximum atomic E-state index is 12.9. The molecule has 12 heavy (non-hydrogen) atoms. The molecule has 0 radical (unpaired) electrons. The topological polar surface area (TPSA) is 0 Å². The van der Waals surface area contributed by atoms with Crippen molar-refractivity contribution >= 4 is 11.8 Å². The summed E-state index contributed by atoms with van der Waals surface area (Å²) in [6.45, 7) is 4.11. The molecule has 0 aliphatic rings. The fourth-order valence-corrected chi connectivity index (χ4v) is 1.84. The van der Waals surface area contributed by atoms with Crippen molar-refractivity contribution < 1.29 is 4.39 Å². The van der Waals surface area contributed by atoms with Gasteiger partial charge in [0.1, 0.15) is 5.82 Å².